The van der Waals surface area contributed by atoms with Gasteiger partial charge in [-0.2, -0.15) is 0 Å². The minimum Gasteiger partial charge on any atom is -0.406 e. The van der Waals surface area contributed by atoms with E-state index < -0.39 is 61.8 Å². The first-order valence-corrected chi connectivity index (χ1v) is 10.0. The van der Waals surface area contributed by atoms with E-state index in [1.54, 1.807) is 0 Å². The number of aromatic nitrogens is 1. The van der Waals surface area contributed by atoms with E-state index in [0.717, 1.165) is 24.3 Å². The molecule has 0 N–H and O–H groups in total. The summed E-state index contributed by atoms with van der Waals surface area (Å²) in [5.41, 5.74) is -1.46. The summed E-state index contributed by atoms with van der Waals surface area (Å²) in [7, 11) is -4.30. The third-order valence-electron chi connectivity index (χ3n) is 3.94. The fourth-order valence-corrected chi connectivity index (χ4v) is 3.63. The molecule has 2 aromatic carbocycles. The predicted octanol–water partition coefficient (Wildman–Crippen LogP) is 5.53. The maximum Gasteiger partial charge on any atom is 0.573 e. The van der Waals surface area contributed by atoms with Crippen LogP contribution in [0.1, 0.15) is 12.2 Å². The molecule has 0 aliphatic carbocycles. The van der Waals surface area contributed by atoms with Crippen molar-refractivity contribution in [2.75, 3.05) is 6.26 Å². The van der Waals surface area contributed by atoms with Gasteiger partial charge in [0.2, 0.25) is 5.76 Å². The van der Waals surface area contributed by atoms with Crippen molar-refractivity contribution in [1.82, 2.24) is 5.16 Å². The van der Waals surface area contributed by atoms with Crippen LogP contribution in [0, 0.1) is 11.6 Å². The normalized spacial score (nSPS) is 12.4. The van der Waals surface area contributed by atoms with E-state index >= 15 is 0 Å². The van der Waals surface area contributed by atoms with Gasteiger partial charge in [-0.15, -0.1) is 13.2 Å². The van der Waals surface area contributed by atoms with Crippen LogP contribution in [0.3, 0.4) is 0 Å². The molecule has 1 heterocycles. The Morgan fingerprint density at radius 1 is 1.00 bits per heavy atom. The molecular formula is C18H10F7NO4S. The fraction of sp³-hybridized carbons (Fsp3) is 0.167. The number of hydrogen-bond acceptors (Lipinski definition) is 5. The lowest BCUT2D eigenvalue weighted by atomic mass is 9.99. The molecule has 31 heavy (non-hydrogen) atoms. The highest BCUT2D eigenvalue weighted by Crippen LogP contribution is 2.40. The summed E-state index contributed by atoms with van der Waals surface area (Å²) in [5.74, 6) is -4.74. The third kappa shape index (κ3) is 4.81. The van der Waals surface area contributed by atoms with Gasteiger partial charge in [-0.1, -0.05) is 5.16 Å². The Balaban J connectivity index is 2.15. The van der Waals surface area contributed by atoms with Crippen LogP contribution >= 0.6 is 0 Å². The zero-order chi connectivity index (χ0) is 23.1. The van der Waals surface area contributed by atoms with Gasteiger partial charge < -0.3 is 9.26 Å². The maximum absolute atomic E-state index is 14.3. The Morgan fingerprint density at radius 3 is 2.00 bits per heavy atom. The number of rotatable bonds is 5. The molecule has 0 unspecified atom stereocenters. The molecule has 0 radical (unpaired) electrons. The van der Waals surface area contributed by atoms with Crippen LogP contribution in [0.4, 0.5) is 30.7 Å². The highest BCUT2D eigenvalue weighted by molar-refractivity contribution is 7.90. The van der Waals surface area contributed by atoms with Gasteiger partial charge in [0, 0.05) is 11.8 Å². The second kappa shape index (κ2) is 7.87. The monoisotopic (exact) mass is 469 g/mol. The molecule has 0 aliphatic rings. The summed E-state index contributed by atoms with van der Waals surface area (Å²) >= 11 is 0. The number of sulfone groups is 1. The summed E-state index contributed by atoms with van der Waals surface area (Å²) < 4.78 is 124. The van der Waals surface area contributed by atoms with E-state index in [1.165, 1.54) is 0 Å². The number of ether oxygens (including phenoxy) is 1. The minimum atomic E-state index is -4.96. The van der Waals surface area contributed by atoms with E-state index in [2.05, 4.69) is 14.4 Å². The molecule has 3 aromatic rings. The molecule has 0 spiro atoms. The molecule has 3 rings (SSSR count). The van der Waals surface area contributed by atoms with Gasteiger partial charge in [-0.25, -0.2) is 26.0 Å². The van der Waals surface area contributed by atoms with Crippen molar-refractivity contribution in [3.8, 4) is 28.1 Å². The number of halogens is 7. The van der Waals surface area contributed by atoms with Crippen molar-refractivity contribution >= 4 is 9.84 Å². The molecule has 0 saturated carbocycles. The number of alkyl halides is 5. The van der Waals surface area contributed by atoms with Gasteiger partial charge in [-0.05, 0) is 42.0 Å². The first kappa shape index (κ1) is 22.6. The molecule has 1 aromatic heterocycles. The van der Waals surface area contributed by atoms with Gasteiger partial charge in [0.25, 0.3) is 6.43 Å². The van der Waals surface area contributed by atoms with Gasteiger partial charge in [0.05, 0.1) is 5.56 Å². The summed E-state index contributed by atoms with van der Waals surface area (Å²) in [6.45, 7) is 0. The Hall–Kier alpha value is -3.09. The van der Waals surface area contributed by atoms with E-state index in [0.29, 0.717) is 18.4 Å². The van der Waals surface area contributed by atoms with Crippen molar-refractivity contribution in [3.05, 3.63) is 53.8 Å². The summed E-state index contributed by atoms with van der Waals surface area (Å²) in [6.07, 6.45) is -7.67. The van der Waals surface area contributed by atoms with Crippen molar-refractivity contribution in [3.63, 3.8) is 0 Å². The van der Waals surface area contributed by atoms with Crippen LogP contribution in [-0.2, 0) is 9.84 Å². The SMILES string of the molecule is CS(=O)(=O)c1c(F)cc(-c2c(-c3ccc(OC(F)(F)F)cc3)noc2C(F)F)cc1F. The molecule has 5 nitrogen and oxygen atoms in total. The minimum absolute atomic E-state index is 0.0341. The molecule has 0 amide bonds. The highest BCUT2D eigenvalue weighted by atomic mass is 32.2. The smallest absolute Gasteiger partial charge is 0.406 e. The van der Waals surface area contributed by atoms with E-state index in [9.17, 15) is 39.2 Å². The summed E-state index contributed by atoms with van der Waals surface area (Å²) in [5, 5.41) is 3.44. The quantitative estimate of drug-likeness (QED) is 0.460. The van der Waals surface area contributed by atoms with Gasteiger partial charge >= 0.3 is 6.36 Å². The number of benzene rings is 2. The third-order valence-corrected chi connectivity index (χ3v) is 5.07. The van der Waals surface area contributed by atoms with Crippen LogP contribution in [-0.4, -0.2) is 26.2 Å². The largest absolute Gasteiger partial charge is 0.573 e. The summed E-state index contributed by atoms with van der Waals surface area (Å²) in [4.78, 5) is -1.25. The van der Waals surface area contributed by atoms with Gasteiger partial charge in [0.1, 0.15) is 28.0 Å². The lowest BCUT2D eigenvalue weighted by Crippen LogP contribution is -2.16. The lowest BCUT2D eigenvalue weighted by Gasteiger charge is -2.10. The highest BCUT2D eigenvalue weighted by Gasteiger charge is 2.32. The number of hydrogen-bond donors (Lipinski definition) is 0. The Kier molecular flexibility index (Phi) is 5.74. The average Bonchev–Trinajstić information content (AvgIpc) is 3.04. The molecule has 0 aliphatic heterocycles. The molecule has 0 fully saturated rings. The van der Waals surface area contributed by atoms with Gasteiger partial charge in [0.15, 0.2) is 9.84 Å². The van der Waals surface area contributed by atoms with E-state index in [1.807, 2.05) is 0 Å². The molecule has 0 bridgehead atoms. The maximum atomic E-state index is 14.3. The van der Waals surface area contributed by atoms with Crippen molar-refractivity contribution in [2.24, 2.45) is 0 Å². The zero-order valence-corrected chi connectivity index (χ0v) is 16.0. The predicted molar refractivity (Wildman–Crippen MR) is 92.0 cm³/mol. The first-order chi connectivity index (χ1) is 14.3. The Labute approximate surface area is 170 Å². The Bertz CT molecular complexity index is 1200. The van der Waals surface area contributed by atoms with E-state index in [4.69, 9.17) is 0 Å². The molecule has 0 atom stereocenters. The van der Waals surface area contributed by atoms with Crippen LogP contribution in [0.5, 0.6) is 5.75 Å². The summed E-state index contributed by atoms with van der Waals surface area (Å²) in [6, 6.07) is 4.85. The van der Waals surface area contributed by atoms with Crippen molar-refractivity contribution < 1.29 is 48.4 Å². The Morgan fingerprint density at radius 2 is 1.55 bits per heavy atom. The van der Waals surface area contributed by atoms with E-state index in [-0.39, 0.29) is 11.3 Å². The molecular weight excluding hydrogens is 459 g/mol. The topological polar surface area (TPSA) is 69.4 Å². The number of nitrogens with zero attached hydrogens (tertiary/aromatic N) is 1. The lowest BCUT2D eigenvalue weighted by molar-refractivity contribution is -0.274. The zero-order valence-electron chi connectivity index (χ0n) is 15.2. The van der Waals surface area contributed by atoms with Gasteiger partial charge in [-0.3, -0.25) is 0 Å². The second-order valence-corrected chi connectivity index (χ2v) is 8.14. The second-order valence-electron chi connectivity index (χ2n) is 6.18. The molecule has 166 valence electrons. The van der Waals surface area contributed by atoms with Crippen molar-refractivity contribution in [2.45, 2.75) is 17.7 Å². The van der Waals surface area contributed by atoms with Crippen LogP contribution in [0.25, 0.3) is 22.4 Å². The van der Waals surface area contributed by atoms with Crippen LogP contribution < -0.4 is 4.74 Å². The van der Waals surface area contributed by atoms with Crippen LogP contribution in [0.15, 0.2) is 45.8 Å². The van der Waals surface area contributed by atoms with Crippen LogP contribution in [0.2, 0.25) is 0 Å². The standard InChI is InChI=1S/C18H10F7NO4S/c1-31(27,28)16-11(19)6-9(7-12(16)20)13-14(26-30-15(13)17(21)22)8-2-4-10(5-3-8)29-18(23,24)25/h2-7,17H,1H3. The molecule has 0 saturated heterocycles. The average molecular weight is 469 g/mol. The fourth-order valence-electron chi connectivity index (χ4n) is 2.80. The van der Waals surface area contributed by atoms with Crippen molar-refractivity contribution in [1.29, 1.82) is 0 Å². The molecule has 13 heteroatoms. The first-order valence-electron chi connectivity index (χ1n) is 8.11.